The van der Waals surface area contributed by atoms with Crippen molar-refractivity contribution in [3.05, 3.63) is 0 Å². The minimum atomic E-state index is -0.505. The fraction of sp³-hybridized carbons (Fsp3) is 0.714. The highest BCUT2D eigenvalue weighted by atomic mass is 32.1. The van der Waals surface area contributed by atoms with E-state index >= 15 is 0 Å². The van der Waals surface area contributed by atoms with Crippen LogP contribution in [-0.4, -0.2) is 23.1 Å². The van der Waals surface area contributed by atoms with Crippen molar-refractivity contribution in [2.45, 2.75) is 26.4 Å². The standard InChI is InChI=1S/C7H16N2O2S/c1-7(2,3)11-6(10)9-5(8)12-4/h12H,8H2,1-4H3,(H,9,10). The number of hydrogen-bond acceptors (Lipinski definition) is 2. The van der Waals surface area contributed by atoms with Crippen LogP contribution in [-0.2, 0) is 4.74 Å². The van der Waals surface area contributed by atoms with E-state index in [0.29, 0.717) is 5.11 Å². The van der Waals surface area contributed by atoms with Crippen LogP contribution in [0.5, 0.6) is 0 Å². The van der Waals surface area contributed by atoms with E-state index in [2.05, 4.69) is 5.32 Å². The second-order valence-corrected chi connectivity index (χ2v) is 4.16. The molecule has 0 bridgehead atoms. The number of rotatable bonds is 0. The van der Waals surface area contributed by atoms with Crippen molar-refractivity contribution in [2.24, 2.45) is 5.73 Å². The van der Waals surface area contributed by atoms with Crippen molar-refractivity contribution in [3.63, 3.8) is 0 Å². The Morgan fingerprint density at radius 1 is 1.50 bits per heavy atom. The van der Waals surface area contributed by atoms with Gasteiger partial charge >= 0.3 is 6.09 Å². The molecule has 4 nitrogen and oxygen atoms in total. The maximum absolute atomic E-state index is 11.0. The van der Waals surface area contributed by atoms with Gasteiger partial charge < -0.3 is 4.74 Å². The van der Waals surface area contributed by atoms with Gasteiger partial charge in [0.05, 0.1) is 0 Å². The third-order valence-electron chi connectivity index (χ3n) is 0.870. The average Bonchev–Trinajstić information content (AvgIpc) is 1.82. The molecule has 12 heavy (non-hydrogen) atoms. The molecule has 5 heteroatoms. The number of nitrogens with two attached hydrogens (primary N) is 1. The van der Waals surface area contributed by atoms with Gasteiger partial charge in [0, 0.05) is 0 Å². The molecule has 0 aliphatic rings. The number of alkyl carbamates (subject to hydrolysis) is 1. The van der Waals surface area contributed by atoms with Crippen LogP contribution in [0.15, 0.2) is 0 Å². The zero-order valence-corrected chi connectivity index (χ0v) is 8.74. The molecule has 1 amide bonds. The van der Waals surface area contributed by atoms with Gasteiger partial charge in [-0.2, -0.15) is 11.4 Å². The zero-order chi connectivity index (χ0) is 9.78. The van der Waals surface area contributed by atoms with E-state index in [-0.39, 0.29) is 0 Å². The first-order chi connectivity index (χ1) is 5.35. The number of thiol groups is 1. The number of carbonyl (C=O) groups is 1. The van der Waals surface area contributed by atoms with Gasteiger partial charge in [0.2, 0.25) is 0 Å². The van der Waals surface area contributed by atoms with Gasteiger partial charge in [-0.15, -0.1) is 0 Å². The predicted molar refractivity (Wildman–Crippen MR) is 53.5 cm³/mol. The number of carbonyl (C=O) groups excluding carboxylic acids is 1. The first-order valence-electron chi connectivity index (χ1n) is 3.57. The van der Waals surface area contributed by atoms with Crippen LogP contribution in [0.2, 0.25) is 0 Å². The minimum absolute atomic E-state index is 0.393. The zero-order valence-electron chi connectivity index (χ0n) is 7.84. The molecule has 0 saturated carbocycles. The molecule has 0 aliphatic heterocycles. The summed E-state index contributed by atoms with van der Waals surface area (Å²) >= 11 is 0.827. The van der Waals surface area contributed by atoms with Crippen molar-refractivity contribution in [1.82, 2.24) is 5.32 Å². The van der Waals surface area contributed by atoms with E-state index in [9.17, 15) is 4.79 Å². The number of hydrogen-bond donors (Lipinski definition) is 3. The summed E-state index contributed by atoms with van der Waals surface area (Å²) in [6.07, 6.45) is 1.32. The molecule has 0 heterocycles. The maximum atomic E-state index is 11.0. The molecule has 0 spiro atoms. The van der Waals surface area contributed by atoms with Crippen molar-refractivity contribution in [3.8, 4) is 0 Å². The molecule has 0 aromatic rings. The Morgan fingerprint density at radius 2 is 2.00 bits per heavy atom. The molecule has 0 rings (SSSR count). The van der Waals surface area contributed by atoms with Gasteiger partial charge in [0.1, 0.15) is 10.7 Å². The van der Waals surface area contributed by atoms with Crippen LogP contribution in [0.25, 0.3) is 0 Å². The summed E-state index contributed by atoms with van der Waals surface area (Å²) in [6, 6.07) is 0. The van der Waals surface area contributed by atoms with Crippen molar-refractivity contribution in [1.29, 1.82) is 0 Å². The Hall–Kier alpha value is -0.550. The van der Waals surface area contributed by atoms with Crippen LogP contribution in [0.4, 0.5) is 4.79 Å². The summed E-state index contributed by atoms with van der Waals surface area (Å²) < 4.78 is 4.95. The normalized spacial score (nSPS) is 13.2. The first kappa shape index (κ1) is 11.4. The topological polar surface area (TPSA) is 64.3 Å². The molecule has 0 saturated heterocycles. The molecular weight excluding hydrogens is 176 g/mol. The van der Waals surface area contributed by atoms with Crippen LogP contribution in [0.3, 0.4) is 0 Å². The molecule has 0 aromatic heterocycles. The lowest BCUT2D eigenvalue weighted by atomic mass is 10.2. The lowest BCUT2D eigenvalue weighted by Crippen LogP contribution is -2.39. The molecule has 0 aromatic carbocycles. The van der Waals surface area contributed by atoms with E-state index in [1.54, 1.807) is 20.8 Å². The third-order valence-corrected chi connectivity index (χ3v) is 1.46. The van der Waals surface area contributed by atoms with E-state index < -0.39 is 11.7 Å². The Balaban J connectivity index is 3.92. The van der Waals surface area contributed by atoms with Crippen molar-refractivity contribution in [2.75, 3.05) is 6.26 Å². The summed E-state index contributed by atoms with van der Waals surface area (Å²) in [5.41, 5.74) is 4.91. The van der Waals surface area contributed by atoms with Crippen LogP contribution >= 0.6 is 11.4 Å². The van der Waals surface area contributed by atoms with Gasteiger partial charge in [0.15, 0.2) is 0 Å². The van der Waals surface area contributed by atoms with Crippen LogP contribution in [0.1, 0.15) is 20.8 Å². The van der Waals surface area contributed by atoms with Gasteiger partial charge in [-0.3, -0.25) is 11.1 Å². The summed E-state index contributed by atoms with van der Waals surface area (Å²) in [5.74, 6) is 0. The quantitative estimate of drug-likeness (QED) is 0.390. The largest absolute Gasteiger partial charge is 0.444 e. The van der Waals surface area contributed by atoms with Gasteiger partial charge in [0.25, 0.3) is 0 Å². The predicted octanol–water partition coefficient (Wildman–Crippen LogP) is 0.652. The minimum Gasteiger partial charge on any atom is -0.444 e. The monoisotopic (exact) mass is 192 g/mol. The summed E-state index contributed by atoms with van der Waals surface area (Å²) in [5, 5.41) is 2.80. The number of nitrogens with one attached hydrogen (secondary N) is 1. The second-order valence-electron chi connectivity index (χ2n) is 3.24. The molecule has 0 aliphatic carbocycles. The van der Waals surface area contributed by atoms with Crippen LogP contribution in [0, 0.1) is 0 Å². The van der Waals surface area contributed by atoms with E-state index in [1.165, 1.54) is 0 Å². The number of ether oxygens (including phenoxy) is 1. The summed E-state index contributed by atoms with van der Waals surface area (Å²) in [4.78, 5) is 11.0. The highest BCUT2D eigenvalue weighted by molar-refractivity contribution is 7.97. The maximum Gasteiger partial charge on any atom is 0.413 e. The molecule has 0 fully saturated rings. The average molecular weight is 192 g/mol. The summed E-state index contributed by atoms with van der Waals surface area (Å²) in [6.45, 7) is 5.39. The molecule has 3 N–H and O–H groups in total. The van der Waals surface area contributed by atoms with Gasteiger partial charge in [-0.05, 0) is 27.0 Å². The fourth-order valence-corrected chi connectivity index (χ4v) is 0.667. The molecular formula is C7H16N2O2S. The highest BCUT2D eigenvalue weighted by Gasteiger charge is 2.15. The Morgan fingerprint density at radius 3 is 2.33 bits per heavy atom. The molecule has 0 radical (unpaired) electrons. The Bertz CT molecular complexity index is 196. The molecule has 0 unspecified atom stereocenters. The van der Waals surface area contributed by atoms with Gasteiger partial charge in [-0.25, -0.2) is 4.79 Å². The first-order valence-corrected chi connectivity index (χ1v) is 4.91. The van der Waals surface area contributed by atoms with Crippen LogP contribution < -0.4 is 11.1 Å². The second kappa shape index (κ2) is 4.47. The summed E-state index contributed by atoms with van der Waals surface area (Å²) in [7, 11) is 0. The highest BCUT2D eigenvalue weighted by Crippen LogP contribution is 2.06. The van der Waals surface area contributed by atoms with Crippen molar-refractivity contribution >= 4 is 22.6 Å². The third kappa shape index (κ3) is 6.18. The Kier molecular flexibility index (Phi) is 4.26. The van der Waals surface area contributed by atoms with E-state index in [0.717, 1.165) is 11.4 Å². The van der Waals surface area contributed by atoms with Crippen molar-refractivity contribution < 1.29 is 9.53 Å². The lowest BCUT2D eigenvalue weighted by molar-refractivity contribution is 0.0564. The van der Waals surface area contributed by atoms with Gasteiger partial charge in [-0.1, -0.05) is 0 Å². The van der Waals surface area contributed by atoms with E-state index in [4.69, 9.17) is 10.5 Å². The fourth-order valence-electron chi connectivity index (χ4n) is 0.464. The lowest BCUT2D eigenvalue weighted by Gasteiger charge is -2.19. The number of amides is 1. The smallest absolute Gasteiger partial charge is 0.413 e. The van der Waals surface area contributed by atoms with E-state index in [1.807, 2.05) is 6.26 Å². The molecule has 72 valence electrons. The molecule has 0 atom stereocenters. The SMILES string of the molecule is C[SH]=C(N)NC(=O)OC(C)(C)C. The Labute approximate surface area is 76.4 Å².